The summed E-state index contributed by atoms with van der Waals surface area (Å²) in [5, 5.41) is 2.98. The van der Waals surface area contributed by atoms with Crippen molar-refractivity contribution in [3.8, 4) is 0 Å². The average molecular weight is 247 g/mol. The number of benzene rings is 2. The number of hydrogen-bond acceptors (Lipinski definition) is 1. The standard InChI is InChI=1S/C15H15F2N/c1-11(10-12-6-3-2-4-7-12)18-14-9-5-8-13(16)15(14)17/h2-9,11,18H,10H2,1H3. The van der Waals surface area contributed by atoms with Crippen LogP contribution in [0.15, 0.2) is 48.5 Å². The molecule has 94 valence electrons. The Morgan fingerprint density at radius 3 is 2.44 bits per heavy atom. The molecule has 0 saturated heterocycles. The van der Waals surface area contributed by atoms with Gasteiger partial charge in [-0.15, -0.1) is 0 Å². The van der Waals surface area contributed by atoms with Gasteiger partial charge in [0, 0.05) is 6.04 Å². The maximum absolute atomic E-state index is 13.5. The van der Waals surface area contributed by atoms with E-state index in [1.54, 1.807) is 6.07 Å². The molecule has 1 nitrogen and oxygen atoms in total. The molecule has 0 bridgehead atoms. The highest BCUT2D eigenvalue weighted by Crippen LogP contribution is 2.18. The van der Waals surface area contributed by atoms with Gasteiger partial charge in [-0.05, 0) is 31.0 Å². The third-order valence-corrected chi connectivity index (χ3v) is 2.74. The first-order valence-corrected chi connectivity index (χ1v) is 5.91. The van der Waals surface area contributed by atoms with Gasteiger partial charge in [-0.3, -0.25) is 0 Å². The zero-order valence-electron chi connectivity index (χ0n) is 10.2. The average Bonchev–Trinajstić information content (AvgIpc) is 2.36. The second-order valence-corrected chi connectivity index (χ2v) is 4.34. The molecule has 0 fully saturated rings. The van der Waals surface area contributed by atoms with Gasteiger partial charge in [-0.25, -0.2) is 8.78 Å². The molecule has 0 heterocycles. The lowest BCUT2D eigenvalue weighted by molar-refractivity contribution is 0.510. The highest BCUT2D eigenvalue weighted by atomic mass is 19.2. The molecule has 1 unspecified atom stereocenters. The molecule has 3 heteroatoms. The lowest BCUT2D eigenvalue weighted by Crippen LogP contribution is -2.19. The summed E-state index contributed by atoms with van der Waals surface area (Å²) in [7, 11) is 0. The molecule has 18 heavy (non-hydrogen) atoms. The smallest absolute Gasteiger partial charge is 0.181 e. The third-order valence-electron chi connectivity index (χ3n) is 2.74. The second-order valence-electron chi connectivity index (χ2n) is 4.34. The fourth-order valence-electron chi connectivity index (χ4n) is 1.90. The Labute approximate surface area is 105 Å². The normalized spacial score (nSPS) is 12.2. The first-order chi connectivity index (χ1) is 8.66. The molecule has 0 saturated carbocycles. The Hall–Kier alpha value is -1.90. The summed E-state index contributed by atoms with van der Waals surface area (Å²) in [6, 6.07) is 14.1. The zero-order chi connectivity index (χ0) is 13.0. The fourth-order valence-corrected chi connectivity index (χ4v) is 1.90. The van der Waals surface area contributed by atoms with E-state index >= 15 is 0 Å². The topological polar surface area (TPSA) is 12.0 Å². The van der Waals surface area contributed by atoms with Crippen molar-refractivity contribution in [2.75, 3.05) is 5.32 Å². The Kier molecular flexibility index (Phi) is 3.92. The predicted octanol–water partition coefficient (Wildman–Crippen LogP) is 4.01. The van der Waals surface area contributed by atoms with Crippen LogP contribution in [0.25, 0.3) is 0 Å². The lowest BCUT2D eigenvalue weighted by Gasteiger charge is -2.16. The van der Waals surface area contributed by atoms with E-state index in [4.69, 9.17) is 0 Å². The molecular weight excluding hydrogens is 232 g/mol. The lowest BCUT2D eigenvalue weighted by atomic mass is 10.1. The Bertz CT molecular complexity index is 511. The van der Waals surface area contributed by atoms with Crippen molar-refractivity contribution >= 4 is 5.69 Å². The molecule has 2 aromatic rings. The van der Waals surface area contributed by atoms with Gasteiger partial charge in [0.25, 0.3) is 0 Å². The zero-order valence-corrected chi connectivity index (χ0v) is 10.2. The SMILES string of the molecule is CC(Cc1ccccc1)Nc1cccc(F)c1F. The molecule has 0 radical (unpaired) electrons. The van der Waals surface area contributed by atoms with Crippen LogP contribution in [0.5, 0.6) is 0 Å². The molecule has 2 rings (SSSR count). The van der Waals surface area contributed by atoms with Crippen molar-refractivity contribution in [2.24, 2.45) is 0 Å². The van der Waals surface area contributed by atoms with Gasteiger partial charge < -0.3 is 5.32 Å². The van der Waals surface area contributed by atoms with Crippen LogP contribution in [-0.4, -0.2) is 6.04 Å². The molecule has 2 aromatic carbocycles. The van der Waals surface area contributed by atoms with Crippen molar-refractivity contribution in [3.05, 3.63) is 65.7 Å². The summed E-state index contributed by atoms with van der Waals surface area (Å²) in [5.74, 6) is -1.65. The van der Waals surface area contributed by atoms with Gasteiger partial charge in [-0.1, -0.05) is 36.4 Å². The molecule has 1 atom stereocenters. The van der Waals surface area contributed by atoms with E-state index in [1.807, 2.05) is 37.3 Å². The summed E-state index contributed by atoms with van der Waals surface area (Å²) in [4.78, 5) is 0. The van der Waals surface area contributed by atoms with Gasteiger partial charge in [0.2, 0.25) is 0 Å². The number of anilines is 1. The Balaban J connectivity index is 2.03. The van der Waals surface area contributed by atoms with Crippen LogP contribution in [0, 0.1) is 11.6 Å². The van der Waals surface area contributed by atoms with Crippen LogP contribution in [0.1, 0.15) is 12.5 Å². The monoisotopic (exact) mass is 247 g/mol. The van der Waals surface area contributed by atoms with E-state index < -0.39 is 11.6 Å². The third kappa shape index (κ3) is 3.06. The Morgan fingerprint density at radius 1 is 1.00 bits per heavy atom. The largest absolute Gasteiger partial charge is 0.380 e. The second kappa shape index (κ2) is 5.63. The molecular formula is C15H15F2N. The molecule has 0 aromatic heterocycles. The maximum Gasteiger partial charge on any atom is 0.181 e. The number of halogens is 2. The van der Waals surface area contributed by atoms with Crippen molar-refractivity contribution in [1.29, 1.82) is 0 Å². The van der Waals surface area contributed by atoms with Crippen LogP contribution in [-0.2, 0) is 6.42 Å². The molecule has 0 aliphatic carbocycles. The minimum Gasteiger partial charge on any atom is -0.380 e. The molecule has 0 spiro atoms. The van der Waals surface area contributed by atoms with E-state index in [0.29, 0.717) is 0 Å². The number of hydrogen-bond donors (Lipinski definition) is 1. The predicted molar refractivity (Wildman–Crippen MR) is 69.6 cm³/mol. The van der Waals surface area contributed by atoms with Crippen molar-refractivity contribution in [3.63, 3.8) is 0 Å². The van der Waals surface area contributed by atoms with Crippen LogP contribution in [0.3, 0.4) is 0 Å². The van der Waals surface area contributed by atoms with Crippen LogP contribution >= 0.6 is 0 Å². The highest BCUT2D eigenvalue weighted by Gasteiger charge is 2.10. The summed E-state index contributed by atoms with van der Waals surface area (Å²) >= 11 is 0. The van der Waals surface area contributed by atoms with E-state index in [2.05, 4.69) is 5.32 Å². The number of nitrogens with one attached hydrogen (secondary N) is 1. The van der Waals surface area contributed by atoms with Gasteiger partial charge in [0.05, 0.1) is 5.69 Å². The summed E-state index contributed by atoms with van der Waals surface area (Å²) in [6.07, 6.45) is 0.761. The molecule has 0 aliphatic rings. The van der Waals surface area contributed by atoms with E-state index in [0.717, 1.165) is 18.1 Å². The van der Waals surface area contributed by atoms with Crippen LogP contribution in [0.2, 0.25) is 0 Å². The Morgan fingerprint density at radius 2 is 1.72 bits per heavy atom. The number of rotatable bonds is 4. The van der Waals surface area contributed by atoms with Crippen molar-refractivity contribution < 1.29 is 8.78 Å². The van der Waals surface area contributed by atoms with E-state index in [-0.39, 0.29) is 11.7 Å². The van der Waals surface area contributed by atoms with Crippen LogP contribution < -0.4 is 5.32 Å². The van der Waals surface area contributed by atoms with Gasteiger partial charge in [0.15, 0.2) is 11.6 Å². The quantitative estimate of drug-likeness (QED) is 0.860. The molecule has 1 N–H and O–H groups in total. The van der Waals surface area contributed by atoms with Gasteiger partial charge in [-0.2, -0.15) is 0 Å². The van der Waals surface area contributed by atoms with Gasteiger partial charge >= 0.3 is 0 Å². The highest BCUT2D eigenvalue weighted by molar-refractivity contribution is 5.45. The summed E-state index contributed by atoms with van der Waals surface area (Å²) in [6.45, 7) is 1.94. The summed E-state index contributed by atoms with van der Waals surface area (Å²) < 4.78 is 26.5. The maximum atomic E-state index is 13.5. The minimum atomic E-state index is -0.827. The van der Waals surface area contributed by atoms with Crippen LogP contribution in [0.4, 0.5) is 14.5 Å². The summed E-state index contributed by atoms with van der Waals surface area (Å²) in [5.41, 5.74) is 1.37. The van der Waals surface area contributed by atoms with E-state index in [9.17, 15) is 8.78 Å². The first-order valence-electron chi connectivity index (χ1n) is 5.91. The van der Waals surface area contributed by atoms with E-state index in [1.165, 1.54) is 6.07 Å². The minimum absolute atomic E-state index is 0.0312. The van der Waals surface area contributed by atoms with Crippen molar-refractivity contribution in [1.82, 2.24) is 0 Å². The molecule has 0 amide bonds. The van der Waals surface area contributed by atoms with Gasteiger partial charge in [0.1, 0.15) is 0 Å². The van der Waals surface area contributed by atoms with Crippen molar-refractivity contribution in [2.45, 2.75) is 19.4 Å². The first kappa shape index (κ1) is 12.6. The fraction of sp³-hybridized carbons (Fsp3) is 0.200. The molecule has 0 aliphatic heterocycles.